The topological polar surface area (TPSA) is 77.6 Å². The van der Waals surface area contributed by atoms with E-state index in [0.717, 1.165) is 33.4 Å². The number of hydrogen-bond donors (Lipinski definition) is 1. The zero-order valence-corrected chi connectivity index (χ0v) is 14.2. The van der Waals surface area contributed by atoms with Gasteiger partial charge in [0.2, 0.25) is 0 Å². The van der Waals surface area contributed by atoms with Crippen LogP contribution in [0.2, 0.25) is 0 Å². The first-order valence-corrected chi connectivity index (χ1v) is 7.75. The Labute approximate surface area is 129 Å². The fraction of sp³-hybridized carbons (Fsp3) is 0.467. The quantitative estimate of drug-likeness (QED) is 0.692. The zero-order chi connectivity index (χ0) is 15.7. The molecule has 5 nitrogen and oxygen atoms in total. The Balaban J connectivity index is 2.44. The molecule has 0 bridgehead atoms. The van der Waals surface area contributed by atoms with Crippen molar-refractivity contribution < 1.29 is 0 Å². The van der Waals surface area contributed by atoms with Crippen LogP contribution >= 0.6 is 11.8 Å². The Kier molecular flexibility index (Phi) is 4.46. The number of aromatic nitrogens is 4. The van der Waals surface area contributed by atoms with E-state index in [2.05, 4.69) is 33.8 Å². The second kappa shape index (κ2) is 5.97. The summed E-state index contributed by atoms with van der Waals surface area (Å²) in [6.07, 6.45) is 0. The number of nitrogens with two attached hydrogens (primary N) is 1. The first kappa shape index (κ1) is 15.7. The molecular weight excluding hydrogens is 282 g/mol. The molecule has 0 saturated carbocycles. The van der Waals surface area contributed by atoms with Gasteiger partial charge in [0.25, 0.3) is 0 Å². The van der Waals surface area contributed by atoms with E-state index in [-0.39, 0.29) is 5.92 Å². The van der Waals surface area contributed by atoms with E-state index in [1.807, 2.05) is 27.7 Å². The summed E-state index contributed by atoms with van der Waals surface area (Å²) < 4.78 is 0. The summed E-state index contributed by atoms with van der Waals surface area (Å²) in [5.41, 5.74) is 9.98. The van der Waals surface area contributed by atoms with Gasteiger partial charge in [-0.15, -0.1) is 0 Å². The Morgan fingerprint density at radius 2 is 1.43 bits per heavy atom. The lowest BCUT2D eigenvalue weighted by atomic mass is 10.2. The molecule has 2 aromatic rings. The van der Waals surface area contributed by atoms with E-state index >= 15 is 0 Å². The van der Waals surface area contributed by atoms with Crippen molar-refractivity contribution in [2.75, 3.05) is 5.73 Å². The minimum atomic E-state index is 0.231. The summed E-state index contributed by atoms with van der Waals surface area (Å²) in [7, 11) is 0. The molecule has 2 aromatic heterocycles. The summed E-state index contributed by atoms with van der Waals surface area (Å²) in [4.78, 5) is 18.0. The minimum absolute atomic E-state index is 0.231. The van der Waals surface area contributed by atoms with Crippen LogP contribution in [0.5, 0.6) is 0 Å². The lowest BCUT2D eigenvalue weighted by Gasteiger charge is -2.12. The lowest BCUT2D eigenvalue weighted by molar-refractivity contribution is 0.750. The van der Waals surface area contributed by atoms with Gasteiger partial charge in [0, 0.05) is 22.9 Å². The maximum Gasteiger partial charge on any atom is 0.194 e. The summed E-state index contributed by atoms with van der Waals surface area (Å²) in [5.74, 6) is 1.51. The SMILES string of the molecule is Cc1nc(Sc2nc(C(C)C)nc(N)c2C)nc(C)c1C. The van der Waals surface area contributed by atoms with Crippen molar-refractivity contribution in [3.05, 3.63) is 28.3 Å². The maximum absolute atomic E-state index is 5.99. The first-order chi connectivity index (χ1) is 9.79. The van der Waals surface area contributed by atoms with Gasteiger partial charge in [-0.05, 0) is 45.0 Å². The molecule has 2 rings (SSSR count). The highest BCUT2D eigenvalue weighted by Gasteiger charge is 2.14. The molecule has 0 aromatic carbocycles. The molecule has 0 aliphatic rings. The molecule has 112 valence electrons. The van der Waals surface area contributed by atoms with Crippen molar-refractivity contribution in [2.45, 2.75) is 57.6 Å². The molecule has 2 N–H and O–H groups in total. The van der Waals surface area contributed by atoms with Crippen molar-refractivity contribution in [3.8, 4) is 0 Å². The third kappa shape index (κ3) is 3.32. The van der Waals surface area contributed by atoms with Crippen LogP contribution in [-0.4, -0.2) is 19.9 Å². The summed E-state index contributed by atoms with van der Waals surface area (Å²) in [5, 5.41) is 1.53. The monoisotopic (exact) mass is 303 g/mol. The molecule has 0 amide bonds. The van der Waals surface area contributed by atoms with Crippen LogP contribution in [-0.2, 0) is 0 Å². The van der Waals surface area contributed by atoms with Gasteiger partial charge in [-0.25, -0.2) is 19.9 Å². The predicted octanol–water partition coefficient (Wildman–Crippen LogP) is 3.36. The third-order valence-electron chi connectivity index (χ3n) is 3.47. The minimum Gasteiger partial charge on any atom is -0.383 e. The molecule has 21 heavy (non-hydrogen) atoms. The van der Waals surface area contributed by atoms with Gasteiger partial charge in [0.1, 0.15) is 16.7 Å². The molecule has 0 aliphatic heterocycles. The van der Waals surface area contributed by atoms with Crippen molar-refractivity contribution in [1.82, 2.24) is 19.9 Å². The predicted molar refractivity (Wildman–Crippen MR) is 85.6 cm³/mol. The molecule has 6 heteroatoms. The standard InChI is InChI=1S/C15H21N5S/c1-7(2)13-19-12(16)9(4)14(20-13)21-15-17-10(5)8(3)11(6)18-15/h7H,1-6H3,(H2,16,19,20). The number of hydrogen-bond acceptors (Lipinski definition) is 6. The van der Waals surface area contributed by atoms with E-state index in [9.17, 15) is 0 Å². The molecule has 2 heterocycles. The number of nitrogens with zero attached hydrogens (tertiary/aromatic N) is 4. The van der Waals surface area contributed by atoms with Crippen molar-refractivity contribution in [2.24, 2.45) is 0 Å². The maximum atomic E-state index is 5.99. The number of nitrogen functional groups attached to an aromatic ring is 1. The summed E-state index contributed by atoms with van der Waals surface area (Å²) >= 11 is 1.44. The van der Waals surface area contributed by atoms with Crippen LogP contribution < -0.4 is 5.73 Å². The fourth-order valence-electron chi connectivity index (χ4n) is 1.76. The summed E-state index contributed by atoms with van der Waals surface area (Å²) in [6, 6.07) is 0. The van der Waals surface area contributed by atoms with E-state index in [1.165, 1.54) is 11.8 Å². The van der Waals surface area contributed by atoms with Crippen LogP contribution in [0.4, 0.5) is 5.82 Å². The van der Waals surface area contributed by atoms with Gasteiger partial charge in [-0.3, -0.25) is 0 Å². The highest BCUT2D eigenvalue weighted by molar-refractivity contribution is 7.99. The van der Waals surface area contributed by atoms with E-state index < -0.39 is 0 Å². The number of aryl methyl sites for hydroxylation is 2. The van der Waals surface area contributed by atoms with Crippen LogP contribution in [0, 0.1) is 27.7 Å². The average molecular weight is 303 g/mol. The highest BCUT2D eigenvalue weighted by Crippen LogP contribution is 2.30. The van der Waals surface area contributed by atoms with Crippen molar-refractivity contribution in [3.63, 3.8) is 0 Å². The van der Waals surface area contributed by atoms with Gasteiger partial charge in [0.15, 0.2) is 5.16 Å². The smallest absolute Gasteiger partial charge is 0.194 e. The Bertz CT molecular complexity index is 659. The lowest BCUT2D eigenvalue weighted by Crippen LogP contribution is -2.06. The normalized spacial score (nSPS) is 11.2. The number of rotatable bonds is 3. The molecule has 0 radical (unpaired) electrons. The van der Waals surface area contributed by atoms with E-state index in [4.69, 9.17) is 5.73 Å². The van der Waals surface area contributed by atoms with E-state index in [1.54, 1.807) is 0 Å². The first-order valence-electron chi connectivity index (χ1n) is 6.93. The average Bonchev–Trinajstić information content (AvgIpc) is 2.40. The van der Waals surface area contributed by atoms with Crippen LogP contribution in [0.25, 0.3) is 0 Å². The van der Waals surface area contributed by atoms with Crippen molar-refractivity contribution in [1.29, 1.82) is 0 Å². The molecule has 0 aliphatic carbocycles. The fourth-order valence-corrected chi connectivity index (χ4v) is 2.70. The second-order valence-corrected chi connectivity index (χ2v) is 6.41. The van der Waals surface area contributed by atoms with Crippen LogP contribution in [0.1, 0.15) is 48.1 Å². The Morgan fingerprint density at radius 1 is 0.857 bits per heavy atom. The zero-order valence-electron chi connectivity index (χ0n) is 13.4. The van der Waals surface area contributed by atoms with Gasteiger partial charge in [0.05, 0.1) is 0 Å². The van der Waals surface area contributed by atoms with E-state index in [0.29, 0.717) is 11.0 Å². The van der Waals surface area contributed by atoms with Gasteiger partial charge in [-0.1, -0.05) is 13.8 Å². The molecular formula is C15H21N5S. The van der Waals surface area contributed by atoms with Gasteiger partial charge >= 0.3 is 0 Å². The second-order valence-electron chi connectivity index (χ2n) is 5.46. The molecule has 0 atom stereocenters. The van der Waals surface area contributed by atoms with Crippen LogP contribution in [0.15, 0.2) is 10.2 Å². The molecule has 0 spiro atoms. The number of anilines is 1. The molecule has 0 saturated heterocycles. The third-order valence-corrected chi connectivity index (χ3v) is 4.43. The molecule has 0 fully saturated rings. The van der Waals surface area contributed by atoms with Gasteiger partial charge < -0.3 is 5.73 Å². The van der Waals surface area contributed by atoms with Gasteiger partial charge in [-0.2, -0.15) is 0 Å². The van der Waals surface area contributed by atoms with Crippen LogP contribution in [0.3, 0.4) is 0 Å². The van der Waals surface area contributed by atoms with Crippen molar-refractivity contribution >= 4 is 17.6 Å². The summed E-state index contributed by atoms with van der Waals surface area (Å²) in [6.45, 7) is 12.0. The largest absolute Gasteiger partial charge is 0.383 e. The highest BCUT2D eigenvalue weighted by atomic mass is 32.2. The Hall–Kier alpha value is -1.69. The molecule has 0 unspecified atom stereocenters. The Morgan fingerprint density at radius 3 is 1.95 bits per heavy atom.